The van der Waals surface area contributed by atoms with Gasteiger partial charge in [0, 0.05) is 31.7 Å². The van der Waals surface area contributed by atoms with Crippen LogP contribution < -0.4 is 5.32 Å². The smallest absolute Gasteiger partial charge is 0.409 e. The molecule has 0 bridgehead atoms. The lowest BCUT2D eigenvalue weighted by Crippen LogP contribution is -2.32. The molecule has 3 aromatic rings. The van der Waals surface area contributed by atoms with Crippen molar-refractivity contribution >= 4 is 17.7 Å². The van der Waals surface area contributed by atoms with Crippen LogP contribution in [0.4, 0.5) is 10.5 Å². The predicted molar refractivity (Wildman–Crippen MR) is 257 cm³/mol. The number of anilines is 1. The molecule has 0 heterocycles. The molecule has 4 rings (SSSR count). The van der Waals surface area contributed by atoms with Crippen LogP contribution >= 0.6 is 0 Å². The lowest BCUT2D eigenvalue weighted by atomic mass is 9.98. The summed E-state index contributed by atoms with van der Waals surface area (Å²) in [5.41, 5.74) is 6.29. The summed E-state index contributed by atoms with van der Waals surface area (Å²) in [5, 5.41) is 3.32. The highest BCUT2D eigenvalue weighted by Gasteiger charge is 2.29. The van der Waals surface area contributed by atoms with E-state index in [9.17, 15) is 9.59 Å². The fourth-order valence-electron chi connectivity index (χ4n) is 6.71. The number of carbonyl (C=O) groups is 2. The molecule has 1 aliphatic rings. The van der Waals surface area contributed by atoms with Crippen molar-refractivity contribution in [2.45, 2.75) is 25.7 Å². The van der Waals surface area contributed by atoms with Gasteiger partial charge in [-0.3, -0.25) is 0 Å². The number of fused-ring (bicyclic) bond motifs is 3. The van der Waals surface area contributed by atoms with E-state index >= 15 is 0 Å². The summed E-state index contributed by atoms with van der Waals surface area (Å²) in [4.78, 5) is 26.3. The van der Waals surface area contributed by atoms with Crippen LogP contribution in [0.15, 0.2) is 72.8 Å². The van der Waals surface area contributed by atoms with Crippen molar-refractivity contribution in [2.24, 2.45) is 0 Å². The zero-order valence-electron chi connectivity index (χ0n) is 40.4. The van der Waals surface area contributed by atoms with E-state index in [4.69, 9.17) is 61.6 Å². The average molecular weight is 957 g/mol. The van der Waals surface area contributed by atoms with Gasteiger partial charge in [0.2, 0.25) is 0 Å². The molecule has 0 atom stereocenters. The quantitative estimate of drug-likeness (QED) is 0.0508. The number of esters is 1. The van der Waals surface area contributed by atoms with Gasteiger partial charge in [0.1, 0.15) is 13.2 Å². The number of hydrogen-bond acceptors (Lipinski definition) is 16. The third-order valence-electron chi connectivity index (χ3n) is 10.4. The first-order chi connectivity index (χ1) is 33.6. The Hall–Kier alpha value is -4.24. The average Bonchev–Trinajstić information content (AvgIpc) is 3.68. The third kappa shape index (κ3) is 24.4. The highest BCUT2D eigenvalue weighted by molar-refractivity contribution is 5.89. The number of unbranched alkanes of at least 4 members (excludes halogenated alkanes) is 1. The molecular formula is C51H76N2O15. The molecule has 17 nitrogen and oxygen atoms in total. The van der Waals surface area contributed by atoms with E-state index in [-0.39, 0.29) is 24.6 Å². The Balaban J connectivity index is 0.774. The molecule has 380 valence electrons. The summed E-state index contributed by atoms with van der Waals surface area (Å²) < 4.78 is 71.8. The van der Waals surface area contributed by atoms with Crippen LogP contribution in [0, 0.1) is 0 Å². The highest BCUT2D eigenvalue weighted by Crippen LogP contribution is 2.44. The van der Waals surface area contributed by atoms with Crippen molar-refractivity contribution < 1.29 is 71.2 Å². The van der Waals surface area contributed by atoms with Gasteiger partial charge in [0.15, 0.2) is 0 Å². The molecule has 3 aromatic carbocycles. The zero-order chi connectivity index (χ0) is 48.0. The van der Waals surface area contributed by atoms with E-state index in [1.165, 1.54) is 27.2 Å². The van der Waals surface area contributed by atoms with Crippen molar-refractivity contribution in [2.75, 3.05) is 184 Å². The summed E-state index contributed by atoms with van der Waals surface area (Å²) in [7, 11) is 1.71. The molecule has 0 fully saturated rings. The number of nitrogens with one attached hydrogen (secondary N) is 1. The second kappa shape index (κ2) is 37.6. The van der Waals surface area contributed by atoms with Crippen molar-refractivity contribution in [1.82, 2.24) is 4.90 Å². The molecule has 0 spiro atoms. The Bertz CT molecular complexity index is 1690. The van der Waals surface area contributed by atoms with E-state index in [1.807, 2.05) is 36.4 Å². The molecule has 17 heteroatoms. The van der Waals surface area contributed by atoms with E-state index in [2.05, 4.69) is 36.5 Å². The van der Waals surface area contributed by atoms with E-state index in [0.717, 1.165) is 25.1 Å². The van der Waals surface area contributed by atoms with Gasteiger partial charge >= 0.3 is 12.1 Å². The van der Waals surface area contributed by atoms with Crippen LogP contribution in [0.2, 0.25) is 0 Å². The Morgan fingerprint density at radius 3 is 1.24 bits per heavy atom. The zero-order valence-corrected chi connectivity index (χ0v) is 40.4. The lowest BCUT2D eigenvalue weighted by molar-refractivity contribution is -0.0281. The SMILES string of the molecule is CCCCNc1ccc(C(=O)OCCOCCOCCOCCOCCOCCOCCOCCOCCOCCOCCOCCN(C)C(=O)OCC2c3ccccc3-c3ccccc32)cc1. The summed E-state index contributed by atoms with van der Waals surface area (Å²) in [6.45, 7) is 13.9. The molecule has 0 radical (unpaired) electrons. The van der Waals surface area contributed by atoms with Gasteiger partial charge in [0.05, 0.1) is 151 Å². The van der Waals surface area contributed by atoms with Gasteiger partial charge < -0.3 is 71.8 Å². The first-order valence-electron chi connectivity index (χ1n) is 24.0. The van der Waals surface area contributed by atoms with Gasteiger partial charge in [-0.15, -0.1) is 0 Å². The molecule has 0 unspecified atom stereocenters. The number of nitrogens with zero attached hydrogens (tertiary/aromatic N) is 1. The number of carbonyl (C=O) groups excluding carboxylic acids is 2. The van der Waals surface area contributed by atoms with Crippen molar-refractivity contribution in [3.63, 3.8) is 0 Å². The number of hydrogen-bond donors (Lipinski definition) is 1. The van der Waals surface area contributed by atoms with E-state index < -0.39 is 0 Å². The first-order valence-corrected chi connectivity index (χ1v) is 24.0. The second-order valence-corrected chi connectivity index (χ2v) is 15.5. The normalized spacial score (nSPS) is 12.0. The van der Waals surface area contributed by atoms with Crippen molar-refractivity contribution in [3.8, 4) is 11.1 Å². The lowest BCUT2D eigenvalue weighted by Gasteiger charge is -2.19. The van der Waals surface area contributed by atoms with Gasteiger partial charge in [-0.25, -0.2) is 9.59 Å². The van der Waals surface area contributed by atoms with Crippen molar-refractivity contribution in [1.29, 1.82) is 0 Å². The molecule has 1 aliphatic carbocycles. The summed E-state index contributed by atoms with van der Waals surface area (Å²) in [5.74, 6) is -0.334. The first kappa shape index (κ1) is 56.3. The van der Waals surface area contributed by atoms with Crippen LogP contribution in [0.3, 0.4) is 0 Å². The minimum atomic E-state index is -0.369. The number of benzene rings is 3. The van der Waals surface area contributed by atoms with Gasteiger partial charge in [-0.1, -0.05) is 61.9 Å². The van der Waals surface area contributed by atoms with Crippen LogP contribution in [0.25, 0.3) is 11.1 Å². The van der Waals surface area contributed by atoms with Crippen LogP contribution in [-0.4, -0.2) is 196 Å². The molecule has 1 N–H and O–H groups in total. The fraction of sp³-hybridized carbons (Fsp3) is 0.608. The van der Waals surface area contributed by atoms with E-state index in [1.54, 1.807) is 19.2 Å². The third-order valence-corrected chi connectivity index (χ3v) is 10.4. The molecule has 68 heavy (non-hydrogen) atoms. The minimum absolute atomic E-state index is 0.0320. The van der Waals surface area contributed by atoms with Crippen LogP contribution in [-0.2, 0) is 61.6 Å². The predicted octanol–water partition coefficient (Wildman–Crippen LogP) is 6.12. The molecule has 1 amide bonds. The molecule has 0 saturated carbocycles. The van der Waals surface area contributed by atoms with Gasteiger partial charge in [-0.2, -0.15) is 0 Å². The number of likely N-dealkylation sites (N-methyl/N-ethyl adjacent to an activating group) is 1. The Morgan fingerprint density at radius 2 is 0.838 bits per heavy atom. The Kier molecular flexibility index (Phi) is 31.2. The largest absolute Gasteiger partial charge is 0.460 e. The molecule has 0 aliphatic heterocycles. The Labute approximate surface area is 403 Å². The molecular weight excluding hydrogens is 881 g/mol. The maximum atomic E-state index is 12.6. The van der Waals surface area contributed by atoms with Crippen LogP contribution in [0.5, 0.6) is 0 Å². The number of rotatable bonds is 43. The molecule has 0 aromatic heterocycles. The standard InChI is InChI=1S/C51H76N2O15/c1-3-4-17-52-44-15-13-43(14-16-44)50(54)67-41-40-66-39-38-65-37-36-64-35-34-63-33-32-62-31-30-61-29-28-60-27-26-59-25-24-58-23-22-57-21-20-56-19-18-53(2)51(55)68-42-49-47-11-7-5-9-45(47)46-10-6-8-12-48(46)49/h5-16,49,52H,3-4,17-42H2,1-2H3. The topological polar surface area (TPSA) is 169 Å². The summed E-state index contributed by atoms with van der Waals surface area (Å²) in [6.07, 6.45) is 1.86. The summed E-state index contributed by atoms with van der Waals surface area (Å²) >= 11 is 0. The maximum absolute atomic E-state index is 12.6. The number of ether oxygens (including phenoxy) is 13. The minimum Gasteiger partial charge on any atom is -0.460 e. The van der Waals surface area contributed by atoms with Crippen molar-refractivity contribution in [3.05, 3.63) is 89.5 Å². The molecule has 0 saturated heterocycles. The fourth-order valence-corrected chi connectivity index (χ4v) is 6.71. The van der Waals surface area contributed by atoms with Gasteiger partial charge in [0.25, 0.3) is 0 Å². The summed E-state index contributed by atoms with van der Waals surface area (Å²) in [6, 6.07) is 23.9. The number of amides is 1. The highest BCUT2D eigenvalue weighted by atomic mass is 16.6. The van der Waals surface area contributed by atoms with E-state index in [0.29, 0.717) is 164 Å². The monoisotopic (exact) mass is 957 g/mol. The van der Waals surface area contributed by atoms with Crippen LogP contribution in [0.1, 0.15) is 47.2 Å². The van der Waals surface area contributed by atoms with Gasteiger partial charge in [-0.05, 0) is 52.9 Å². The Morgan fingerprint density at radius 1 is 0.471 bits per heavy atom. The maximum Gasteiger partial charge on any atom is 0.409 e. The second-order valence-electron chi connectivity index (χ2n) is 15.5.